The van der Waals surface area contributed by atoms with E-state index in [-0.39, 0.29) is 0 Å². The fourth-order valence-electron chi connectivity index (χ4n) is 18.7. The highest BCUT2D eigenvalue weighted by molar-refractivity contribution is 5.73. The molecule has 672 valence electrons. The van der Waals surface area contributed by atoms with Gasteiger partial charge in [0.15, 0.2) is 12.6 Å². The molecule has 1 aliphatic carbocycles. The van der Waals surface area contributed by atoms with Gasteiger partial charge in [-0.1, -0.05) is 471 Å². The Morgan fingerprint density at radius 2 is 0.628 bits per heavy atom. The number of hydrogen-bond acceptors (Lipinski definition) is 14. The Hall–Kier alpha value is -1.01. The summed E-state index contributed by atoms with van der Waals surface area (Å²) in [4.78, 5) is 13.9. The van der Waals surface area contributed by atoms with Crippen molar-refractivity contribution in [3.8, 4) is 0 Å². The highest BCUT2D eigenvalue weighted by atomic mass is 16.8. The molecule has 2 saturated heterocycles. The summed E-state index contributed by atoms with van der Waals surface area (Å²) in [5.41, 5.74) is 0. The number of unbranched alkanes of at least 4 members (excludes halogenated alkanes) is 63. The number of ether oxygens (including phenoxy) is 5. The number of rotatable bonds is 85. The third-order valence-corrected chi connectivity index (χ3v) is 26.9. The van der Waals surface area contributed by atoms with Crippen molar-refractivity contribution in [2.45, 2.75) is 576 Å². The first kappa shape index (κ1) is 106. The quantitative estimate of drug-likeness (QED) is 0.0210. The molecule has 113 heavy (non-hydrogen) atoms. The number of carbonyl (C=O) groups is 1. The summed E-state index contributed by atoms with van der Waals surface area (Å²) >= 11 is 0. The molecule has 14 nitrogen and oxygen atoms in total. The molecule has 1 saturated carbocycles. The zero-order valence-corrected chi connectivity index (χ0v) is 75.1. The average Bonchev–Trinajstić information content (AvgIpc) is 1.46. The molecule has 0 amide bonds. The van der Waals surface area contributed by atoms with E-state index in [1.54, 1.807) is 0 Å². The van der Waals surface area contributed by atoms with Crippen LogP contribution >= 0.6 is 0 Å². The number of aliphatic hydroxyl groups is 8. The van der Waals surface area contributed by atoms with Gasteiger partial charge >= 0.3 is 5.97 Å². The van der Waals surface area contributed by atoms with E-state index in [9.17, 15) is 45.6 Å². The van der Waals surface area contributed by atoms with Gasteiger partial charge < -0.3 is 64.5 Å². The highest BCUT2D eigenvalue weighted by Gasteiger charge is 2.50. The lowest BCUT2D eigenvalue weighted by atomic mass is 9.91. The summed E-state index contributed by atoms with van der Waals surface area (Å²) in [6, 6.07) is 0. The topological polar surface area (TPSA) is 225 Å². The summed E-state index contributed by atoms with van der Waals surface area (Å²) in [6.07, 6.45) is 81.2. The molecule has 8 N–H and O–H groups in total. The molecular formula is C99H192O14. The fraction of sp³-hybridized carbons (Fsp3) is 0.990. The van der Waals surface area contributed by atoms with E-state index >= 15 is 0 Å². The number of aliphatic hydroxyl groups excluding tert-OH is 8. The monoisotopic (exact) mass is 1610 g/mol. The minimum Gasteiger partial charge on any atom is -0.463 e. The molecule has 0 aromatic carbocycles. The minimum atomic E-state index is -1.83. The normalized spacial score (nSPS) is 23.3. The molecule has 14 heteroatoms. The van der Waals surface area contributed by atoms with Gasteiger partial charge in [-0.3, -0.25) is 4.79 Å². The van der Waals surface area contributed by atoms with Gasteiger partial charge in [-0.05, 0) is 55.8 Å². The Morgan fingerprint density at radius 1 is 0.345 bits per heavy atom. The van der Waals surface area contributed by atoms with Crippen LogP contribution in [-0.4, -0.2) is 141 Å². The minimum absolute atomic E-state index is 0.454. The van der Waals surface area contributed by atoms with Gasteiger partial charge in [0, 0.05) is 7.11 Å². The number of carbonyl (C=O) groups excluding carboxylic acids is 1. The summed E-state index contributed by atoms with van der Waals surface area (Å²) in [5, 5.41) is 84.7. The Morgan fingerprint density at radius 3 is 0.965 bits per heavy atom. The Balaban J connectivity index is 1.13. The second-order valence-corrected chi connectivity index (χ2v) is 37.3. The van der Waals surface area contributed by atoms with Crippen LogP contribution in [0.15, 0.2) is 0 Å². The van der Waals surface area contributed by atoms with Gasteiger partial charge in [-0.2, -0.15) is 0 Å². The molecule has 0 radical (unpaired) electrons. The van der Waals surface area contributed by atoms with Crippen LogP contribution in [0, 0.1) is 29.6 Å². The lowest BCUT2D eigenvalue weighted by molar-refractivity contribution is -0.376. The average molecular weight is 1610 g/mol. The van der Waals surface area contributed by atoms with Gasteiger partial charge in [-0.25, -0.2) is 0 Å². The van der Waals surface area contributed by atoms with Gasteiger partial charge in [0.05, 0.1) is 24.7 Å². The van der Waals surface area contributed by atoms with Crippen LogP contribution in [0.25, 0.3) is 0 Å². The van der Waals surface area contributed by atoms with E-state index in [1.807, 2.05) is 7.11 Å². The van der Waals surface area contributed by atoms with Crippen molar-refractivity contribution in [2.75, 3.05) is 20.3 Å². The van der Waals surface area contributed by atoms with Crippen molar-refractivity contribution in [3.05, 3.63) is 0 Å². The maximum absolute atomic E-state index is 13.9. The van der Waals surface area contributed by atoms with Crippen LogP contribution < -0.4 is 0 Å². The summed E-state index contributed by atoms with van der Waals surface area (Å²) in [6.45, 7) is 8.36. The summed E-state index contributed by atoms with van der Waals surface area (Å²) in [5.74, 6) is 2.22. The highest BCUT2D eigenvalue weighted by Crippen LogP contribution is 2.49. The van der Waals surface area contributed by atoms with Gasteiger partial charge in [0.1, 0.15) is 55.4 Å². The number of methoxy groups -OCH3 is 1. The Labute approximate surface area is 698 Å². The van der Waals surface area contributed by atoms with Crippen molar-refractivity contribution in [1.29, 1.82) is 0 Å². The molecule has 3 aliphatic rings. The SMILES string of the molecule is CCCCCCCCCCCCCCCCCCCCCCCC[C@@H](C(=O)OC[C@H]1O[C@H](O[C@H]2O[C@H](CO)[C@@H](O)[C@H](O)[C@H]2O)[C@H](O)[C@@H](O)[C@@H]1O)[C@H](O)CCCCCCCCCCCCCCCC1CC1C(C)CCCCCCCCCCCCCCCCCCC(OC)C(C)CCCCCCCCCCCCCCCCCC. The first-order valence-corrected chi connectivity index (χ1v) is 50.3. The van der Waals surface area contributed by atoms with Crippen LogP contribution in [0.3, 0.4) is 0 Å². The molecule has 2 heterocycles. The number of esters is 1. The van der Waals surface area contributed by atoms with Crippen molar-refractivity contribution in [3.63, 3.8) is 0 Å². The summed E-state index contributed by atoms with van der Waals surface area (Å²) in [7, 11) is 1.95. The standard InChI is InChI=1S/C99H192O14/c1-6-8-10-12-14-16-18-20-22-24-25-26-27-28-29-34-40-46-52-58-64-70-76-85(97(108)110-81-90-92(103)94(105)96(107)99(112-90)113-98-95(106)93(104)91(102)89(80-100)111-98)87(101)77-71-65-59-53-47-41-36-39-45-51-57-63-69-75-84-79-86(84)82(3)73-67-61-55-49-43-37-33-30-31-35-42-48-54-60-66-72-78-88(109-5)83(4)74-68-62-56-50-44-38-32-23-21-19-17-15-13-11-9-7-2/h82-96,98-107H,6-81H2,1-5H3/t82?,83?,84?,85-,86?,87-,88?,89-,90-,91-,92-,93+,94+,95-,96-,98-,99-/m1/s1. The van der Waals surface area contributed by atoms with Gasteiger partial charge in [-0.15, -0.1) is 0 Å². The van der Waals surface area contributed by atoms with Gasteiger partial charge in [0.2, 0.25) is 0 Å². The molecule has 3 fully saturated rings. The Kier molecular flexibility index (Phi) is 70.3. The van der Waals surface area contributed by atoms with Crippen LogP contribution in [0.2, 0.25) is 0 Å². The molecular weight excluding hydrogens is 1410 g/mol. The van der Waals surface area contributed by atoms with Crippen LogP contribution in [0.4, 0.5) is 0 Å². The lowest BCUT2D eigenvalue weighted by Crippen LogP contribution is -2.63. The van der Waals surface area contributed by atoms with E-state index < -0.39 is 92.6 Å². The second-order valence-electron chi connectivity index (χ2n) is 37.3. The lowest BCUT2D eigenvalue weighted by Gasteiger charge is -2.44. The maximum Gasteiger partial charge on any atom is 0.311 e. The van der Waals surface area contributed by atoms with Crippen LogP contribution in [-0.2, 0) is 28.5 Å². The van der Waals surface area contributed by atoms with E-state index in [4.69, 9.17) is 23.7 Å². The molecule has 0 spiro atoms. The van der Waals surface area contributed by atoms with E-state index in [1.165, 1.54) is 417 Å². The zero-order chi connectivity index (χ0) is 81.7. The maximum atomic E-state index is 13.9. The number of hydrogen-bond donors (Lipinski definition) is 8. The molecule has 0 aromatic heterocycles. The first-order chi connectivity index (χ1) is 55.3. The van der Waals surface area contributed by atoms with Crippen molar-refractivity contribution in [1.82, 2.24) is 0 Å². The smallest absolute Gasteiger partial charge is 0.311 e. The largest absolute Gasteiger partial charge is 0.463 e. The molecule has 5 unspecified atom stereocenters. The van der Waals surface area contributed by atoms with Gasteiger partial charge in [0.25, 0.3) is 0 Å². The zero-order valence-electron chi connectivity index (χ0n) is 75.1. The van der Waals surface area contributed by atoms with E-state index in [0.717, 1.165) is 62.7 Å². The third kappa shape index (κ3) is 54.9. The fourth-order valence-corrected chi connectivity index (χ4v) is 18.7. The Bertz CT molecular complexity index is 2020. The molecule has 2 aliphatic heterocycles. The van der Waals surface area contributed by atoms with Crippen LogP contribution in [0.5, 0.6) is 0 Å². The van der Waals surface area contributed by atoms with Crippen LogP contribution in [0.1, 0.15) is 503 Å². The van der Waals surface area contributed by atoms with Crippen molar-refractivity contribution in [2.24, 2.45) is 29.6 Å². The van der Waals surface area contributed by atoms with Crippen molar-refractivity contribution >= 4 is 5.97 Å². The molecule has 17 atom stereocenters. The van der Waals surface area contributed by atoms with E-state index in [0.29, 0.717) is 24.9 Å². The predicted octanol–water partition coefficient (Wildman–Crippen LogP) is 25.6. The van der Waals surface area contributed by atoms with E-state index in [2.05, 4.69) is 27.7 Å². The molecule has 3 rings (SSSR count). The third-order valence-electron chi connectivity index (χ3n) is 26.9. The molecule has 0 bridgehead atoms. The summed E-state index contributed by atoms with van der Waals surface area (Å²) < 4.78 is 28.5. The molecule has 0 aromatic rings. The van der Waals surface area contributed by atoms with Crippen molar-refractivity contribution < 1.29 is 69.3 Å². The first-order valence-electron chi connectivity index (χ1n) is 50.3. The second kappa shape index (κ2) is 74.8. The predicted molar refractivity (Wildman–Crippen MR) is 471 cm³/mol.